The lowest BCUT2D eigenvalue weighted by Crippen LogP contribution is -2.44. The average Bonchev–Trinajstić information content (AvgIpc) is 3.21. The zero-order valence-electron chi connectivity index (χ0n) is 14.0. The van der Waals surface area contributed by atoms with Crippen LogP contribution in [-0.2, 0) is 17.8 Å². The number of nitrogens with one attached hydrogen (secondary N) is 2. The molecule has 2 aromatic rings. The molecule has 1 aliphatic heterocycles. The van der Waals surface area contributed by atoms with Gasteiger partial charge in [0.25, 0.3) is 0 Å². The number of hydrogen-bond acceptors (Lipinski definition) is 3. The van der Waals surface area contributed by atoms with Crippen molar-refractivity contribution in [3.05, 3.63) is 51.7 Å². The number of anilines is 1. The molecule has 1 aromatic carbocycles. The summed E-state index contributed by atoms with van der Waals surface area (Å²) in [6.45, 7) is 3.79. The number of para-hydroxylation sites is 1. The third-order valence-electron chi connectivity index (χ3n) is 4.20. The fraction of sp³-hybridized carbons (Fsp3) is 0.333. The molecule has 1 aliphatic rings. The summed E-state index contributed by atoms with van der Waals surface area (Å²) in [4.78, 5) is 19.8. The lowest BCUT2D eigenvalue weighted by molar-refractivity contribution is -0.117. The van der Waals surface area contributed by atoms with Crippen LogP contribution < -0.4 is 15.5 Å². The molecule has 6 heteroatoms. The molecule has 0 radical (unpaired) electrons. The van der Waals surface area contributed by atoms with Crippen molar-refractivity contribution in [1.29, 1.82) is 0 Å². The Kier molecular flexibility index (Phi) is 5.15. The molecule has 0 unspecified atom stereocenters. The van der Waals surface area contributed by atoms with E-state index in [0.29, 0.717) is 12.5 Å². The predicted molar refractivity (Wildman–Crippen MR) is 99.8 cm³/mol. The molecule has 5 nitrogen and oxygen atoms in total. The number of hydrogen-bond donors (Lipinski definition) is 2. The van der Waals surface area contributed by atoms with Crippen LogP contribution in [0.1, 0.15) is 16.0 Å². The Hall–Kier alpha value is -2.34. The van der Waals surface area contributed by atoms with E-state index in [4.69, 9.17) is 0 Å². The van der Waals surface area contributed by atoms with E-state index < -0.39 is 0 Å². The molecule has 1 amide bonds. The standard InChI is InChI=1S/C18H22N4OS/c1-13-8-10-24-16(13)11-20-18(19-2)21-12-17(23)22-9-7-14-5-3-4-6-15(14)22/h3-6,8,10H,7,9,11-12H2,1-2H3,(H2,19,20,21). The highest BCUT2D eigenvalue weighted by Gasteiger charge is 2.23. The molecule has 3 rings (SSSR count). The van der Waals surface area contributed by atoms with Crippen LogP contribution in [0, 0.1) is 6.92 Å². The monoisotopic (exact) mass is 342 g/mol. The number of rotatable bonds is 4. The molecule has 2 heterocycles. The number of amides is 1. The van der Waals surface area contributed by atoms with E-state index >= 15 is 0 Å². The molecule has 0 fully saturated rings. The first kappa shape index (κ1) is 16.5. The largest absolute Gasteiger partial charge is 0.352 e. The Morgan fingerprint density at radius 2 is 2.12 bits per heavy atom. The third-order valence-corrected chi connectivity index (χ3v) is 5.23. The minimum Gasteiger partial charge on any atom is -0.352 e. The number of fused-ring (bicyclic) bond motifs is 1. The van der Waals surface area contributed by atoms with Crippen molar-refractivity contribution < 1.29 is 4.79 Å². The molecule has 2 N–H and O–H groups in total. The third kappa shape index (κ3) is 3.59. The number of nitrogens with zero attached hydrogens (tertiary/aromatic N) is 2. The van der Waals surface area contributed by atoms with Crippen molar-refractivity contribution >= 4 is 28.9 Å². The van der Waals surface area contributed by atoms with Gasteiger partial charge < -0.3 is 15.5 Å². The van der Waals surface area contributed by atoms with E-state index in [-0.39, 0.29) is 12.5 Å². The number of benzene rings is 1. The van der Waals surface area contributed by atoms with Crippen LogP contribution in [-0.4, -0.2) is 32.0 Å². The summed E-state index contributed by atoms with van der Waals surface area (Å²) in [7, 11) is 1.71. The molecule has 0 spiro atoms. The van der Waals surface area contributed by atoms with Crippen LogP contribution in [0.15, 0.2) is 40.7 Å². The molecular formula is C18H22N4OS. The van der Waals surface area contributed by atoms with Gasteiger partial charge in [0.1, 0.15) is 0 Å². The first-order chi connectivity index (χ1) is 11.7. The van der Waals surface area contributed by atoms with Gasteiger partial charge in [-0.25, -0.2) is 0 Å². The van der Waals surface area contributed by atoms with Crippen LogP contribution in [0.4, 0.5) is 5.69 Å². The normalized spacial score (nSPS) is 13.8. The first-order valence-corrected chi connectivity index (χ1v) is 8.92. The van der Waals surface area contributed by atoms with E-state index in [0.717, 1.165) is 18.7 Å². The minimum atomic E-state index is 0.0650. The number of carbonyl (C=O) groups excluding carboxylic acids is 1. The molecule has 126 valence electrons. The maximum Gasteiger partial charge on any atom is 0.246 e. The number of aliphatic imine (C=N–C) groups is 1. The lowest BCUT2D eigenvalue weighted by Gasteiger charge is -2.18. The zero-order chi connectivity index (χ0) is 16.9. The predicted octanol–water partition coefficient (Wildman–Crippen LogP) is 2.31. The van der Waals surface area contributed by atoms with Crippen molar-refractivity contribution in [1.82, 2.24) is 10.6 Å². The summed E-state index contributed by atoms with van der Waals surface area (Å²) in [5.41, 5.74) is 3.54. The van der Waals surface area contributed by atoms with Crippen molar-refractivity contribution in [2.45, 2.75) is 19.9 Å². The maximum absolute atomic E-state index is 12.5. The minimum absolute atomic E-state index is 0.0650. The van der Waals surface area contributed by atoms with Gasteiger partial charge in [0.05, 0.1) is 13.1 Å². The van der Waals surface area contributed by atoms with Gasteiger partial charge in [0, 0.05) is 24.2 Å². The molecule has 0 atom stereocenters. The average molecular weight is 342 g/mol. The van der Waals surface area contributed by atoms with E-state index in [1.54, 1.807) is 18.4 Å². The fourth-order valence-corrected chi connectivity index (χ4v) is 3.67. The second kappa shape index (κ2) is 7.49. The summed E-state index contributed by atoms with van der Waals surface area (Å²) in [6, 6.07) is 10.2. The summed E-state index contributed by atoms with van der Waals surface area (Å²) < 4.78 is 0. The second-order valence-corrected chi connectivity index (χ2v) is 6.73. The topological polar surface area (TPSA) is 56.7 Å². The van der Waals surface area contributed by atoms with Crippen molar-refractivity contribution in [2.24, 2.45) is 4.99 Å². The zero-order valence-corrected chi connectivity index (χ0v) is 14.8. The Morgan fingerprint density at radius 3 is 2.88 bits per heavy atom. The Bertz CT molecular complexity index is 753. The second-order valence-electron chi connectivity index (χ2n) is 5.73. The fourth-order valence-electron chi connectivity index (χ4n) is 2.82. The van der Waals surface area contributed by atoms with Gasteiger partial charge in [0.2, 0.25) is 5.91 Å². The molecule has 0 saturated carbocycles. The molecule has 1 aromatic heterocycles. The van der Waals surface area contributed by atoms with Gasteiger partial charge in [0.15, 0.2) is 5.96 Å². The molecule has 0 aliphatic carbocycles. The van der Waals surface area contributed by atoms with Crippen LogP contribution in [0.3, 0.4) is 0 Å². The van der Waals surface area contributed by atoms with Gasteiger partial charge >= 0.3 is 0 Å². The summed E-state index contributed by atoms with van der Waals surface area (Å²) >= 11 is 1.72. The number of thiophene rings is 1. The van der Waals surface area contributed by atoms with E-state index in [1.807, 2.05) is 23.1 Å². The van der Waals surface area contributed by atoms with Gasteiger partial charge in [-0.15, -0.1) is 11.3 Å². The van der Waals surface area contributed by atoms with Gasteiger partial charge in [-0.05, 0) is 42.0 Å². The molecule has 0 saturated heterocycles. The Labute approximate surface area is 146 Å². The quantitative estimate of drug-likeness (QED) is 0.662. The Morgan fingerprint density at radius 1 is 1.29 bits per heavy atom. The maximum atomic E-state index is 12.5. The van der Waals surface area contributed by atoms with Crippen LogP contribution >= 0.6 is 11.3 Å². The summed E-state index contributed by atoms with van der Waals surface area (Å²) in [5, 5.41) is 8.45. The van der Waals surface area contributed by atoms with Crippen LogP contribution in [0.2, 0.25) is 0 Å². The van der Waals surface area contributed by atoms with E-state index in [9.17, 15) is 4.79 Å². The number of guanidine groups is 1. The van der Waals surface area contributed by atoms with Crippen LogP contribution in [0.5, 0.6) is 0 Å². The van der Waals surface area contributed by atoms with Gasteiger partial charge in [-0.1, -0.05) is 18.2 Å². The number of aryl methyl sites for hydroxylation is 1. The highest BCUT2D eigenvalue weighted by Crippen LogP contribution is 2.27. The summed E-state index contributed by atoms with van der Waals surface area (Å²) in [6.07, 6.45) is 0.923. The molecule has 0 bridgehead atoms. The van der Waals surface area contributed by atoms with E-state index in [1.165, 1.54) is 16.0 Å². The van der Waals surface area contributed by atoms with Crippen LogP contribution in [0.25, 0.3) is 0 Å². The van der Waals surface area contributed by atoms with E-state index in [2.05, 4.69) is 40.1 Å². The highest BCUT2D eigenvalue weighted by molar-refractivity contribution is 7.10. The highest BCUT2D eigenvalue weighted by atomic mass is 32.1. The summed E-state index contributed by atoms with van der Waals surface area (Å²) in [5.74, 6) is 0.707. The number of carbonyl (C=O) groups is 1. The Balaban J connectivity index is 1.53. The molecule has 24 heavy (non-hydrogen) atoms. The van der Waals surface area contributed by atoms with Crippen molar-refractivity contribution in [2.75, 3.05) is 25.0 Å². The lowest BCUT2D eigenvalue weighted by atomic mass is 10.2. The molecular weight excluding hydrogens is 320 g/mol. The van der Waals surface area contributed by atoms with Crippen molar-refractivity contribution in [3.63, 3.8) is 0 Å². The van der Waals surface area contributed by atoms with Crippen molar-refractivity contribution in [3.8, 4) is 0 Å². The van der Waals surface area contributed by atoms with Gasteiger partial charge in [-0.3, -0.25) is 9.79 Å². The van der Waals surface area contributed by atoms with Gasteiger partial charge in [-0.2, -0.15) is 0 Å². The smallest absolute Gasteiger partial charge is 0.246 e. The SMILES string of the molecule is CN=C(NCC(=O)N1CCc2ccccc21)NCc1sccc1C. The first-order valence-electron chi connectivity index (χ1n) is 8.05.